The summed E-state index contributed by atoms with van der Waals surface area (Å²) in [5.41, 5.74) is 9.87. The van der Waals surface area contributed by atoms with E-state index in [9.17, 15) is 19.6 Å². The quantitative estimate of drug-likeness (QED) is 0.688. The average molecular weight is 415 g/mol. The number of carbonyl (C=O) groups is 3. The monoisotopic (exact) mass is 414 g/mol. The second-order valence-electron chi connectivity index (χ2n) is 6.78. The molecule has 0 radical (unpaired) electrons. The molecule has 2 heterocycles. The van der Waals surface area contributed by atoms with Crippen molar-refractivity contribution >= 4 is 29.4 Å². The van der Waals surface area contributed by atoms with Gasteiger partial charge >= 0.3 is 5.97 Å². The van der Waals surface area contributed by atoms with Crippen LogP contribution in [0.25, 0.3) is 0 Å². The first-order valence-corrected chi connectivity index (χ1v) is 9.26. The van der Waals surface area contributed by atoms with Gasteiger partial charge in [-0.2, -0.15) is 5.26 Å². The first-order valence-electron chi connectivity index (χ1n) is 8.88. The summed E-state index contributed by atoms with van der Waals surface area (Å²) in [5.74, 6) is -3.25. The fourth-order valence-electron chi connectivity index (χ4n) is 4.11. The second-order valence-corrected chi connectivity index (χ2v) is 7.22. The topological polar surface area (TPSA) is 140 Å². The van der Waals surface area contributed by atoms with Crippen molar-refractivity contribution < 1.29 is 19.1 Å². The van der Waals surface area contributed by atoms with Crippen molar-refractivity contribution in [3.8, 4) is 6.07 Å². The third-order valence-corrected chi connectivity index (χ3v) is 5.48. The van der Waals surface area contributed by atoms with Crippen LogP contribution in [0.1, 0.15) is 18.4 Å². The summed E-state index contributed by atoms with van der Waals surface area (Å²) in [5, 5.41) is 10.6. The van der Waals surface area contributed by atoms with E-state index in [1.807, 2.05) is 0 Å². The Morgan fingerprint density at radius 1 is 1.34 bits per heavy atom. The molecule has 2 aliphatic rings. The zero-order chi connectivity index (χ0) is 21.3. The lowest BCUT2D eigenvalue weighted by Crippen LogP contribution is -2.45. The maximum absolute atomic E-state index is 13.1. The molecule has 1 aromatic carbocycles. The molecule has 0 bridgehead atoms. The number of fused-ring (bicyclic) bond motifs is 1. The Morgan fingerprint density at radius 2 is 2.07 bits per heavy atom. The fraction of sp³-hybridized carbons (Fsp3) is 0.300. The Labute approximate surface area is 172 Å². The summed E-state index contributed by atoms with van der Waals surface area (Å²) in [6.07, 6.45) is 4.28. The maximum Gasteiger partial charge on any atom is 0.329 e. The average Bonchev–Trinajstić information content (AvgIpc) is 2.99. The number of nitriles is 1. The Hall–Kier alpha value is -3.31. The Balaban J connectivity index is 2.30. The molecule has 150 valence electrons. The second kappa shape index (κ2) is 7.60. The molecule has 4 atom stereocenters. The van der Waals surface area contributed by atoms with E-state index in [-0.39, 0.29) is 12.2 Å². The molecule has 29 heavy (non-hydrogen) atoms. The van der Waals surface area contributed by atoms with Crippen LogP contribution in [0.4, 0.5) is 0 Å². The van der Waals surface area contributed by atoms with Crippen molar-refractivity contribution in [1.82, 2.24) is 4.90 Å². The van der Waals surface area contributed by atoms with E-state index in [1.54, 1.807) is 31.2 Å². The number of primary amides is 2. The SMILES string of the molecule is CCOC(=O)[C@]1(C#N)[C@@H]2C=CC(C(N)=O)=CN2[C@H](C(N)=O)[C@@H]1c1cccc(Cl)c1. The van der Waals surface area contributed by atoms with Crippen molar-refractivity contribution in [2.45, 2.75) is 24.9 Å². The minimum absolute atomic E-state index is 0.0462. The molecule has 0 saturated carbocycles. The predicted octanol–water partition coefficient (Wildman–Crippen LogP) is 0.974. The highest BCUT2D eigenvalue weighted by atomic mass is 35.5. The molecule has 0 spiro atoms. The van der Waals surface area contributed by atoms with Gasteiger partial charge in [0.25, 0.3) is 0 Å². The van der Waals surface area contributed by atoms with Crippen molar-refractivity contribution in [3.05, 3.63) is 58.8 Å². The Kier molecular flexibility index (Phi) is 5.36. The number of amides is 2. The molecule has 1 aromatic rings. The van der Waals surface area contributed by atoms with Crippen LogP contribution in [0, 0.1) is 16.7 Å². The van der Waals surface area contributed by atoms with Crippen molar-refractivity contribution in [2.24, 2.45) is 16.9 Å². The minimum Gasteiger partial charge on any atom is -0.465 e. The summed E-state index contributed by atoms with van der Waals surface area (Å²) in [4.78, 5) is 38.7. The molecule has 2 aliphatic heterocycles. The van der Waals surface area contributed by atoms with Crippen molar-refractivity contribution in [1.29, 1.82) is 5.26 Å². The van der Waals surface area contributed by atoms with Gasteiger partial charge in [0.1, 0.15) is 6.04 Å². The van der Waals surface area contributed by atoms with Gasteiger partial charge in [0.05, 0.1) is 24.3 Å². The number of hydrogen-bond donors (Lipinski definition) is 2. The predicted molar refractivity (Wildman–Crippen MR) is 104 cm³/mol. The number of halogens is 1. The number of benzene rings is 1. The molecule has 8 nitrogen and oxygen atoms in total. The highest BCUT2D eigenvalue weighted by Crippen LogP contribution is 2.53. The van der Waals surface area contributed by atoms with Gasteiger partial charge in [-0.05, 0) is 30.7 Å². The minimum atomic E-state index is -1.80. The third-order valence-electron chi connectivity index (χ3n) is 5.24. The van der Waals surface area contributed by atoms with E-state index in [0.717, 1.165) is 0 Å². The molecule has 9 heteroatoms. The van der Waals surface area contributed by atoms with Crippen LogP contribution in [0.2, 0.25) is 5.02 Å². The van der Waals surface area contributed by atoms with Gasteiger partial charge in [0.15, 0.2) is 5.41 Å². The highest BCUT2D eigenvalue weighted by molar-refractivity contribution is 6.30. The molecule has 4 N–H and O–H groups in total. The summed E-state index contributed by atoms with van der Waals surface area (Å²) in [6.45, 7) is 1.67. The smallest absolute Gasteiger partial charge is 0.329 e. The van der Waals surface area contributed by atoms with Gasteiger partial charge < -0.3 is 21.1 Å². The van der Waals surface area contributed by atoms with Gasteiger partial charge in [-0.25, -0.2) is 0 Å². The van der Waals surface area contributed by atoms with Gasteiger partial charge in [-0.3, -0.25) is 14.4 Å². The number of nitrogens with zero attached hydrogens (tertiary/aromatic N) is 2. The lowest BCUT2D eigenvalue weighted by molar-refractivity contribution is -0.153. The van der Waals surface area contributed by atoms with Gasteiger partial charge in [-0.15, -0.1) is 0 Å². The van der Waals surface area contributed by atoms with E-state index in [2.05, 4.69) is 6.07 Å². The van der Waals surface area contributed by atoms with Crippen LogP contribution < -0.4 is 11.5 Å². The van der Waals surface area contributed by atoms with Crippen molar-refractivity contribution in [2.75, 3.05) is 6.61 Å². The zero-order valence-corrected chi connectivity index (χ0v) is 16.3. The first kappa shape index (κ1) is 20.4. The molecule has 1 saturated heterocycles. The molecular weight excluding hydrogens is 396 g/mol. The van der Waals surface area contributed by atoms with Crippen molar-refractivity contribution in [3.63, 3.8) is 0 Å². The largest absolute Gasteiger partial charge is 0.465 e. The Morgan fingerprint density at radius 3 is 2.62 bits per heavy atom. The Bertz CT molecular complexity index is 983. The molecule has 0 unspecified atom stereocenters. The normalized spacial score (nSPS) is 27.6. The van der Waals surface area contributed by atoms with E-state index in [1.165, 1.54) is 23.3 Å². The lowest BCUT2D eigenvalue weighted by Gasteiger charge is -2.32. The third kappa shape index (κ3) is 3.13. The van der Waals surface area contributed by atoms with Gasteiger partial charge in [-0.1, -0.05) is 29.8 Å². The van der Waals surface area contributed by atoms with E-state index in [0.29, 0.717) is 10.6 Å². The fourth-order valence-corrected chi connectivity index (χ4v) is 4.30. The maximum atomic E-state index is 13.1. The number of ether oxygens (including phenoxy) is 1. The molecular formula is C20H19ClN4O4. The number of esters is 1. The molecule has 1 fully saturated rings. The molecule has 0 aliphatic carbocycles. The molecule has 3 rings (SSSR count). The number of hydrogen-bond acceptors (Lipinski definition) is 6. The van der Waals surface area contributed by atoms with E-state index < -0.39 is 41.2 Å². The van der Waals surface area contributed by atoms with Crippen LogP contribution in [-0.4, -0.2) is 41.4 Å². The number of nitrogens with two attached hydrogens (primary N) is 2. The lowest BCUT2D eigenvalue weighted by atomic mass is 9.68. The van der Waals surface area contributed by atoms with Crippen LogP contribution in [0.15, 0.2) is 48.2 Å². The number of carbonyl (C=O) groups excluding carboxylic acids is 3. The van der Waals surface area contributed by atoms with Crippen LogP contribution in [-0.2, 0) is 19.1 Å². The van der Waals surface area contributed by atoms with E-state index >= 15 is 0 Å². The standard InChI is InChI=1S/C20H19ClN4O4/c1-2-29-19(28)20(10-22)14-7-6-12(17(23)26)9-25(14)16(18(24)27)15(20)11-4-3-5-13(21)8-11/h3-9,14-16H,2H2,1H3,(H2,23,26)(H2,24,27)/t14-,15-,16-,20+/m0/s1. The van der Waals surface area contributed by atoms with Gasteiger partial charge in [0.2, 0.25) is 11.8 Å². The highest BCUT2D eigenvalue weighted by Gasteiger charge is 2.66. The van der Waals surface area contributed by atoms with E-state index in [4.69, 9.17) is 27.8 Å². The molecule has 2 amide bonds. The first-order chi connectivity index (χ1) is 13.8. The summed E-state index contributed by atoms with van der Waals surface area (Å²) >= 11 is 6.13. The van der Waals surface area contributed by atoms with Crippen LogP contribution >= 0.6 is 11.6 Å². The van der Waals surface area contributed by atoms with Gasteiger partial charge in [0, 0.05) is 17.1 Å². The van der Waals surface area contributed by atoms with Crippen LogP contribution in [0.3, 0.4) is 0 Å². The zero-order valence-electron chi connectivity index (χ0n) is 15.5. The summed E-state index contributed by atoms with van der Waals surface area (Å²) in [6, 6.07) is 6.62. The summed E-state index contributed by atoms with van der Waals surface area (Å²) < 4.78 is 5.23. The number of rotatable bonds is 5. The van der Waals surface area contributed by atoms with Crippen LogP contribution in [0.5, 0.6) is 0 Å². The molecule has 0 aromatic heterocycles. The summed E-state index contributed by atoms with van der Waals surface area (Å²) in [7, 11) is 0.